The standard InChI is InChI=1S/C22H31N5O/c1-4-23-22(26(3)17-20-11-7-13-25(20)2)24-15-18-9-5-6-10-19(18)16-27-14-8-12-21(27)28/h5-7,9-11,13H,4,8,12,14-17H2,1-3H3,(H,23,24). The first-order valence-corrected chi connectivity index (χ1v) is 10.0. The Kier molecular flexibility index (Phi) is 6.74. The summed E-state index contributed by atoms with van der Waals surface area (Å²) < 4.78 is 2.13. The Labute approximate surface area is 167 Å². The number of likely N-dealkylation sites (tertiary alicyclic amines) is 1. The van der Waals surface area contributed by atoms with Crippen LogP contribution in [-0.2, 0) is 31.5 Å². The van der Waals surface area contributed by atoms with E-state index in [4.69, 9.17) is 4.99 Å². The van der Waals surface area contributed by atoms with Gasteiger partial charge in [0.15, 0.2) is 5.96 Å². The van der Waals surface area contributed by atoms with Gasteiger partial charge in [-0.15, -0.1) is 0 Å². The number of aromatic nitrogens is 1. The molecule has 2 heterocycles. The highest BCUT2D eigenvalue weighted by Crippen LogP contribution is 2.18. The van der Waals surface area contributed by atoms with Gasteiger partial charge in [0, 0.05) is 52.0 Å². The van der Waals surface area contributed by atoms with E-state index in [-0.39, 0.29) is 5.91 Å². The number of rotatable bonds is 7. The van der Waals surface area contributed by atoms with E-state index in [0.717, 1.165) is 32.0 Å². The molecule has 1 amide bonds. The number of benzene rings is 1. The summed E-state index contributed by atoms with van der Waals surface area (Å²) in [6.45, 7) is 5.83. The number of hydrogen-bond donors (Lipinski definition) is 1. The van der Waals surface area contributed by atoms with Gasteiger partial charge in [-0.25, -0.2) is 4.99 Å². The van der Waals surface area contributed by atoms with Crippen molar-refractivity contribution in [1.29, 1.82) is 0 Å². The van der Waals surface area contributed by atoms with Crippen LogP contribution in [0.25, 0.3) is 0 Å². The van der Waals surface area contributed by atoms with Gasteiger partial charge < -0.3 is 19.7 Å². The molecule has 0 bridgehead atoms. The number of hydrogen-bond acceptors (Lipinski definition) is 2. The second kappa shape index (κ2) is 9.44. The first-order chi connectivity index (χ1) is 13.6. The molecule has 1 aromatic carbocycles. The molecule has 150 valence electrons. The first kappa shape index (κ1) is 20.0. The summed E-state index contributed by atoms with van der Waals surface area (Å²) in [7, 11) is 4.12. The molecular formula is C22H31N5O. The van der Waals surface area contributed by atoms with Crippen molar-refractivity contribution in [1.82, 2.24) is 19.7 Å². The largest absolute Gasteiger partial charge is 0.357 e. The Morgan fingerprint density at radius 2 is 2.00 bits per heavy atom. The van der Waals surface area contributed by atoms with Crippen LogP contribution in [0.1, 0.15) is 36.6 Å². The summed E-state index contributed by atoms with van der Waals surface area (Å²) in [5.74, 6) is 1.14. The van der Waals surface area contributed by atoms with E-state index in [9.17, 15) is 4.79 Å². The molecular weight excluding hydrogens is 350 g/mol. The number of aliphatic imine (C=N–C) groups is 1. The number of aryl methyl sites for hydroxylation is 1. The zero-order valence-electron chi connectivity index (χ0n) is 17.2. The predicted octanol–water partition coefficient (Wildman–Crippen LogP) is 2.75. The number of nitrogens with zero attached hydrogens (tertiary/aromatic N) is 4. The van der Waals surface area contributed by atoms with Crippen molar-refractivity contribution in [3.63, 3.8) is 0 Å². The lowest BCUT2D eigenvalue weighted by molar-refractivity contribution is -0.128. The van der Waals surface area contributed by atoms with Crippen LogP contribution in [0.2, 0.25) is 0 Å². The molecule has 1 aliphatic heterocycles. The van der Waals surface area contributed by atoms with E-state index in [1.165, 1.54) is 16.8 Å². The quantitative estimate of drug-likeness (QED) is 0.593. The third-order valence-electron chi connectivity index (χ3n) is 5.20. The van der Waals surface area contributed by atoms with E-state index >= 15 is 0 Å². The minimum atomic E-state index is 0.258. The lowest BCUT2D eigenvalue weighted by Gasteiger charge is -2.23. The average molecular weight is 382 g/mol. The summed E-state index contributed by atoms with van der Waals surface area (Å²) in [5.41, 5.74) is 3.59. The van der Waals surface area contributed by atoms with Crippen LogP contribution in [0.3, 0.4) is 0 Å². The smallest absolute Gasteiger partial charge is 0.222 e. The highest BCUT2D eigenvalue weighted by atomic mass is 16.2. The number of guanidine groups is 1. The molecule has 1 fully saturated rings. The monoisotopic (exact) mass is 381 g/mol. The van der Waals surface area contributed by atoms with Crippen LogP contribution in [0.5, 0.6) is 0 Å². The van der Waals surface area contributed by atoms with Crippen LogP contribution in [0, 0.1) is 0 Å². The normalized spacial score (nSPS) is 14.6. The molecule has 0 saturated carbocycles. The summed E-state index contributed by atoms with van der Waals surface area (Å²) in [5, 5.41) is 3.39. The first-order valence-electron chi connectivity index (χ1n) is 10.0. The fraction of sp³-hybridized carbons (Fsp3) is 0.455. The van der Waals surface area contributed by atoms with Gasteiger partial charge in [-0.05, 0) is 36.6 Å². The van der Waals surface area contributed by atoms with Crippen molar-refractivity contribution in [2.75, 3.05) is 20.1 Å². The maximum atomic E-state index is 12.0. The van der Waals surface area contributed by atoms with Gasteiger partial charge in [-0.3, -0.25) is 4.79 Å². The van der Waals surface area contributed by atoms with Gasteiger partial charge in [0.1, 0.15) is 0 Å². The molecule has 1 aromatic heterocycles. The second-order valence-corrected chi connectivity index (χ2v) is 7.32. The van der Waals surface area contributed by atoms with Crippen LogP contribution < -0.4 is 5.32 Å². The topological polar surface area (TPSA) is 52.9 Å². The van der Waals surface area contributed by atoms with Gasteiger partial charge >= 0.3 is 0 Å². The Bertz CT molecular complexity index is 826. The van der Waals surface area contributed by atoms with Crippen molar-refractivity contribution in [3.05, 3.63) is 59.4 Å². The van der Waals surface area contributed by atoms with E-state index in [2.05, 4.69) is 66.3 Å². The fourth-order valence-corrected chi connectivity index (χ4v) is 3.55. The lowest BCUT2D eigenvalue weighted by atomic mass is 10.1. The molecule has 0 aliphatic carbocycles. The number of nitrogens with one attached hydrogen (secondary N) is 1. The Morgan fingerprint density at radius 1 is 1.21 bits per heavy atom. The molecule has 1 aliphatic rings. The zero-order valence-corrected chi connectivity index (χ0v) is 17.2. The number of carbonyl (C=O) groups is 1. The molecule has 2 aromatic rings. The molecule has 6 heteroatoms. The Morgan fingerprint density at radius 3 is 2.64 bits per heavy atom. The van der Waals surface area contributed by atoms with Crippen LogP contribution in [-0.4, -0.2) is 46.4 Å². The van der Waals surface area contributed by atoms with Gasteiger partial charge in [0.05, 0.1) is 13.1 Å². The molecule has 28 heavy (non-hydrogen) atoms. The second-order valence-electron chi connectivity index (χ2n) is 7.32. The average Bonchev–Trinajstić information content (AvgIpc) is 3.28. The molecule has 0 radical (unpaired) electrons. The molecule has 0 spiro atoms. The Hall–Kier alpha value is -2.76. The van der Waals surface area contributed by atoms with Crippen molar-refractivity contribution in [2.24, 2.45) is 12.0 Å². The highest BCUT2D eigenvalue weighted by molar-refractivity contribution is 5.79. The van der Waals surface area contributed by atoms with E-state index in [1.807, 2.05) is 17.0 Å². The molecule has 6 nitrogen and oxygen atoms in total. The molecule has 1 saturated heterocycles. The third kappa shape index (κ3) is 4.94. The van der Waals surface area contributed by atoms with Crippen molar-refractivity contribution >= 4 is 11.9 Å². The molecule has 0 unspecified atom stereocenters. The fourth-order valence-electron chi connectivity index (χ4n) is 3.55. The molecule has 3 rings (SSSR count). The SMILES string of the molecule is CCNC(=NCc1ccccc1CN1CCCC1=O)N(C)Cc1cccn1C. The van der Waals surface area contributed by atoms with Crippen molar-refractivity contribution in [3.8, 4) is 0 Å². The van der Waals surface area contributed by atoms with E-state index < -0.39 is 0 Å². The third-order valence-corrected chi connectivity index (χ3v) is 5.20. The number of amides is 1. The van der Waals surface area contributed by atoms with Crippen molar-refractivity contribution in [2.45, 2.75) is 39.4 Å². The van der Waals surface area contributed by atoms with Gasteiger partial charge in [0.25, 0.3) is 0 Å². The minimum Gasteiger partial charge on any atom is -0.357 e. The summed E-state index contributed by atoms with van der Waals surface area (Å²) in [6, 6.07) is 12.5. The zero-order chi connectivity index (χ0) is 19.9. The summed E-state index contributed by atoms with van der Waals surface area (Å²) in [6.07, 6.45) is 3.70. The highest BCUT2D eigenvalue weighted by Gasteiger charge is 2.20. The maximum Gasteiger partial charge on any atom is 0.222 e. The van der Waals surface area contributed by atoms with Crippen LogP contribution in [0.15, 0.2) is 47.6 Å². The maximum absolute atomic E-state index is 12.0. The van der Waals surface area contributed by atoms with Gasteiger partial charge in [-0.1, -0.05) is 24.3 Å². The summed E-state index contributed by atoms with van der Waals surface area (Å²) in [4.78, 5) is 21.0. The van der Waals surface area contributed by atoms with Gasteiger partial charge in [-0.2, -0.15) is 0 Å². The molecule has 1 N–H and O–H groups in total. The van der Waals surface area contributed by atoms with Crippen LogP contribution >= 0.6 is 0 Å². The summed E-state index contributed by atoms with van der Waals surface area (Å²) >= 11 is 0. The minimum absolute atomic E-state index is 0.258. The molecule has 0 atom stereocenters. The predicted molar refractivity (Wildman–Crippen MR) is 113 cm³/mol. The lowest BCUT2D eigenvalue weighted by Crippen LogP contribution is -2.38. The van der Waals surface area contributed by atoms with Gasteiger partial charge in [0.2, 0.25) is 5.91 Å². The van der Waals surface area contributed by atoms with E-state index in [1.54, 1.807) is 0 Å². The van der Waals surface area contributed by atoms with Crippen molar-refractivity contribution < 1.29 is 4.79 Å². The Balaban J connectivity index is 1.72. The number of carbonyl (C=O) groups excluding carboxylic acids is 1. The van der Waals surface area contributed by atoms with E-state index in [0.29, 0.717) is 19.5 Å². The van der Waals surface area contributed by atoms with Crippen LogP contribution in [0.4, 0.5) is 0 Å².